The molecule has 2 nitrogen and oxygen atoms in total. The number of halogens is 2. The number of aryl methyl sites for hydroxylation is 1. The zero-order valence-corrected chi connectivity index (χ0v) is 10.9. The normalized spacial score (nSPS) is 12.5. The van der Waals surface area contributed by atoms with E-state index in [4.69, 9.17) is 5.73 Å². The van der Waals surface area contributed by atoms with E-state index in [-0.39, 0.29) is 5.82 Å². The molecular formula is C13H12BrFN2. The van der Waals surface area contributed by atoms with Crippen molar-refractivity contribution in [2.75, 3.05) is 0 Å². The Hall–Kier alpha value is -1.26. The first-order valence-corrected chi connectivity index (χ1v) is 6.00. The summed E-state index contributed by atoms with van der Waals surface area (Å²) in [4.78, 5) is 4.19. The topological polar surface area (TPSA) is 38.9 Å². The van der Waals surface area contributed by atoms with Crippen LogP contribution >= 0.6 is 15.9 Å². The number of benzene rings is 1. The van der Waals surface area contributed by atoms with Crippen LogP contribution < -0.4 is 5.73 Å². The smallest absolute Gasteiger partial charge is 0.128 e. The first-order valence-electron chi connectivity index (χ1n) is 5.21. The molecule has 0 amide bonds. The van der Waals surface area contributed by atoms with Gasteiger partial charge in [-0.25, -0.2) is 4.39 Å². The van der Waals surface area contributed by atoms with Crippen molar-refractivity contribution >= 4 is 15.9 Å². The monoisotopic (exact) mass is 294 g/mol. The Kier molecular flexibility index (Phi) is 3.54. The highest BCUT2D eigenvalue weighted by molar-refractivity contribution is 9.10. The Labute approximate surface area is 108 Å². The van der Waals surface area contributed by atoms with E-state index in [9.17, 15) is 4.39 Å². The van der Waals surface area contributed by atoms with Gasteiger partial charge in [-0.05, 0) is 41.1 Å². The van der Waals surface area contributed by atoms with Crippen LogP contribution in [-0.4, -0.2) is 4.98 Å². The molecule has 1 atom stereocenters. The Morgan fingerprint density at radius 1 is 1.29 bits per heavy atom. The molecule has 0 fully saturated rings. The first-order chi connectivity index (χ1) is 8.08. The average Bonchev–Trinajstić information content (AvgIpc) is 2.32. The van der Waals surface area contributed by atoms with Crippen LogP contribution in [0.5, 0.6) is 0 Å². The van der Waals surface area contributed by atoms with Crippen LogP contribution in [0.2, 0.25) is 0 Å². The predicted molar refractivity (Wildman–Crippen MR) is 69.1 cm³/mol. The van der Waals surface area contributed by atoms with Crippen molar-refractivity contribution in [3.63, 3.8) is 0 Å². The fourth-order valence-electron chi connectivity index (χ4n) is 1.63. The van der Waals surface area contributed by atoms with Gasteiger partial charge in [-0.3, -0.25) is 4.98 Å². The van der Waals surface area contributed by atoms with Gasteiger partial charge in [-0.2, -0.15) is 0 Å². The van der Waals surface area contributed by atoms with Gasteiger partial charge in [0, 0.05) is 16.2 Å². The SMILES string of the molecule is Cc1ccc(F)c(C(N)c2ccc(Br)cn2)c1. The number of pyridine rings is 1. The van der Waals surface area contributed by atoms with E-state index in [2.05, 4.69) is 20.9 Å². The second kappa shape index (κ2) is 4.94. The van der Waals surface area contributed by atoms with Crippen molar-refractivity contribution in [2.45, 2.75) is 13.0 Å². The molecule has 0 saturated heterocycles. The van der Waals surface area contributed by atoms with E-state index >= 15 is 0 Å². The Bertz CT molecular complexity index is 525. The van der Waals surface area contributed by atoms with Gasteiger partial charge < -0.3 is 5.73 Å². The molecule has 1 aromatic carbocycles. The molecule has 1 unspecified atom stereocenters. The maximum Gasteiger partial charge on any atom is 0.128 e. The van der Waals surface area contributed by atoms with Crippen molar-refractivity contribution in [3.8, 4) is 0 Å². The molecule has 2 N–H and O–H groups in total. The predicted octanol–water partition coefficient (Wildman–Crippen LogP) is 3.34. The summed E-state index contributed by atoms with van der Waals surface area (Å²) in [7, 11) is 0. The van der Waals surface area contributed by atoms with Gasteiger partial charge in [0.15, 0.2) is 0 Å². The van der Waals surface area contributed by atoms with Crippen molar-refractivity contribution in [1.82, 2.24) is 4.98 Å². The lowest BCUT2D eigenvalue weighted by atomic mass is 10.0. The number of nitrogens with two attached hydrogens (primary N) is 1. The van der Waals surface area contributed by atoms with Crippen molar-refractivity contribution < 1.29 is 4.39 Å². The zero-order chi connectivity index (χ0) is 12.4. The summed E-state index contributed by atoms with van der Waals surface area (Å²) in [5.74, 6) is -0.298. The van der Waals surface area contributed by atoms with Crippen LogP contribution in [0.15, 0.2) is 41.0 Å². The molecule has 88 valence electrons. The van der Waals surface area contributed by atoms with Gasteiger partial charge >= 0.3 is 0 Å². The molecule has 0 bridgehead atoms. The quantitative estimate of drug-likeness (QED) is 0.923. The summed E-state index contributed by atoms with van der Waals surface area (Å²) in [6, 6.07) is 8.00. The van der Waals surface area contributed by atoms with Crippen LogP contribution in [0, 0.1) is 12.7 Å². The fraction of sp³-hybridized carbons (Fsp3) is 0.154. The number of aromatic nitrogens is 1. The first kappa shape index (κ1) is 12.2. The molecular weight excluding hydrogens is 283 g/mol. The summed E-state index contributed by atoms with van der Waals surface area (Å²) in [6.07, 6.45) is 1.66. The second-order valence-corrected chi connectivity index (χ2v) is 4.82. The zero-order valence-electron chi connectivity index (χ0n) is 9.32. The van der Waals surface area contributed by atoms with Crippen molar-refractivity contribution in [2.24, 2.45) is 5.73 Å². The van der Waals surface area contributed by atoms with Crippen molar-refractivity contribution in [1.29, 1.82) is 0 Å². The highest BCUT2D eigenvalue weighted by Gasteiger charge is 2.14. The summed E-state index contributed by atoms with van der Waals surface area (Å²) >= 11 is 3.30. The molecule has 0 saturated carbocycles. The third kappa shape index (κ3) is 2.70. The molecule has 0 spiro atoms. The Balaban J connectivity index is 2.39. The largest absolute Gasteiger partial charge is 0.319 e. The highest BCUT2D eigenvalue weighted by Crippen LogP contribution is 2.22. The van der Waals surface area contributed by atoms with E-state index in [1.807, 2.05) is 13.0 Å². The van der Waals surface area contributed by atoms with Gasteiger partial charge in [0.25, 0.3) is 0 Å². The molecule has 1 aromatic heterocycles. The van der Waals surface area contributed by atoms with Crippen molar-refractivity contribution in [3.05, 3.63) is 63.6 Å². The molecule has 2 rings (SSSR count). The number of rotatable bonds is 2. The summed E-state index contributed by atoms with van der Waals surface area (Å²) in [5, 5.41) is 0. The molecule has 17 heavy (non-hydrogen) atoms. The van der Waals surface area contributed by atoms with Crippen LogP contribution in [-0.2, 0) is 0 Å². The van der Waals surface area contributed by atoms with Gasteiger partial charge in [-0.1, -0.05) is 17.7 Å². The minimum absolute atomic E-state index is 0.298. The lowest BCUT2D eigenvalue weighted by Gasteiger charge is -2.13. The van der Waals surface area contributed by atoms with Gasteiger partial charge in [0.2, 0.25) is 0 Å². The molecule has 0 aliphatic rings. The average molecular weight is 295 g/mol. The van der Waals surface area contributed by atoms with E-state index < -0.39 is 6.04 Å². The van der Waals surface area contributed by atoms with Crippen LogP contribution in [0.25, 0.3) is 0 Å². The van der Waals surface area contributed by atoms with Crippen LogP contribution in [0.3, 0.4) is 0 Å². The third-order valence-corrected chi connectivity index (χ3v) is 3.02. The standard InChI is InChI=1S/C13H12BrFN2/c1-8-2-4-11(15)10(6-8)13(16)12-5-3-9(14)7-17-12/h2-7,13H,16H2,1H3. The second-order valence-electron chi connectivity index (χ2n) is 3.90. The Morgan fingerprint density at radius 2 is 2.06 bits per heavy atom. The van der Waals surface area contributed by atoms with Gasteiger partial charge in [0.1, 0.15) is 5.82 Å². The van der Waals surface area contributed by atoms with Gasteiger partial charge in [0.05, 0.1) is 11.7 Å². The summed E-state index contributed by atoms with van der Waals surface area (Å²) in [5.41, 5.74) is 8.12. The number of hydrogen-bond donors (Lipinski definition) is 1. The minimum Gasteiger partial charge on any atom is -0.319 e. The lowest BCUT2D eigenvalue weighted by Crippen LogP contribution is -2.15. The van der Waals surface area contributed by atoms with E-state index in [0.717, 1.165) is 10.0 Å². The summed E-state index contributed by atoms with van der Waals surface area (Å²) in [6.45, 7) is 1.91. The third-order valence-electron chi connectivity index (χ3n) is 2.56. The summed E-state index contributed by atoms with van der Waals surface area (Å²) < 4.78 is 14.5. The number of nitrogens with zero attached hydrogens (tertiary/aromatic N) is 1. The van der Waals surface area contributed by atoms with E-state index in [1.54, 1.807) is 24.4 Å². The fourth-order valence-corrected chi connectivity index (χ4v) is 1.87. The molecule has 0 aliphatic heterocycles. The van der Waals surface area contributed by atoms with E-state index in [0.29, 0.717) is 11.3 Å². The number of hydrogen-bond acceptors (Lipinski definition) is 2. The molecule has 1 heterocycles. The minimum atomic E-state index is -0.539. The highest BCUT2D eigenvalue weighted by atomic mass is 79.9. The molecule has 4 heteroatoms. The van der Waals surface area contributed by atoms with Crippen LogP contribution in [0.1, 0.15) is 22.9 Å². The lowest BCUT2D eigenvalue weighted by molar-refractivity contribution is 0.596. The van der Waals surface area contributed by atoms with E-state index in [1.165, 1.54) is 6.07 Å². The molecule has 0 radical (unpaired) electrons. The van der Waals surface area contributed by atoms with Gasteiger partial charge in [-0.15, -0.1) is 0 Å². The molecule has 2 aromatic rings. The Morgan fingerprint density at radius 3 is 2.71 bits per heavy atom. The van der Waals surface area contributed by atoms with Crippen LogP contribution in [0.4, 0.5) is 4.39 Å². The maximum atomic E-state index is 13.7. The maximum absolute atomic E-state index is 13.7. The molecule has 0 aliphatic carbocycles.